The predicted molar refractivity (Wildman–Crippen MR) is 161 cm³/mol. The van der Waals surface area contributed by atoms with Gasteiger partial charge in [-0.05, 0) is 37.1 Å². The standard InChI is InChI=1S/C34H59NO3/c1-3-5-7-9-11-13-14-15-16-18-20-22-28-37-34(31-38-33-25-23-32(29-35)24-26-33)30-36-27-21-19-17-12-10-8-6-4-2/h23-26,34H,3-22,27-28,30-31H2,1-2H3. The van der Waals surface area contributed by atoms with Crippen molar-refractivity contribution in [2.24, 2.45) is 0 Å². The van der Waals surface area contributed by atoms with E-state index in [4.69, 9.17) is 19.5 Å². The van der Waals surface area contributed by atoms with Crippen molar-refractivity contribution in [2.75, 3.05) is 26.4 Å². The Morgan fingerprint density at radius 1 is 0.579 bits per heavy atom. The molecule has 4 heteroatoms. The van der Waals surface area contributed by atoms with Crippen molar-refractivity contribution in [3.8, 4) is 11.8 Å². The zero-order chi connectivity index (χ0) is 27.4. The summed E-state index contributed by atoms with van der Waals surface area (Å²) in [5.41, 5.74) is 0.644. The van der Waals surface area contributed by atoms with Gasteiger partial charge in [0.05, 0.1) is 18.2 Å². The first kappa shape index (κ1) is 34.5. The summed E-state index contributed by atoms with van der Waals surface area (Å²) in [6.07, 6.45) is 26.6. The van der Waals surface area contributed by atoms with Crippen molar-refractivity contribution < 1.29 is 14.2 Å². The number of nitrogens with zero attached hydrogens (tertiary/aromatic N) is 1. The first-order valence-electron chi connectivity index (χ1n) is 16.1. The third-order valence-corrected chi connectivity index (χ3v) is 7.22. The van der Waals surface area contributed by atoms with E-state index in [2.05, 4.69) is 19.9 Å². The van der Waals surface area contributed by atoms with Gasteiger partial charge in [-0.2, -0.15) is 5.26 Å². The Kier molecular flexibility index (Phi) is 24.5. The maximum Gasteiger partial charge on any atom is 0.119 e. The zero-order valence-electron chi connectivity index (χ0n) is 25.0. The van der Waals surface area contributed by atoms with Crippen LogP contribution in [-0.2, 0) is 9.47 Å². The van der Waals surface area contributed by atoms with Crippen molar-refractivity contribution in [3.63, 3.8) is 0 Å². The van der Waals surface area contributed by atoms with E-state index in [1.807, 2.05) is 12.1 Å². The lowest BCUT2D eigenvalue weighted by atomic mass is 10.1. The van der Waals surface area contributed by atoms with Crippen molar-refractivity contribution in [3.05, 3.63) is 29.8 Å². The maximum absolute atomic E-state index is 8.99. The highest BCUT2D eigenvalue weighted by molar-refractivity contribution is 5.34. The van der Waals surface area contributed by atoms with Crippen molar-refractivity contribution in [1.82, 2.24) is 0 Å². The number of nitriles is 1. The molecule has 38 heavy (non-hydrogen) atoms. The maximum atomic E-state index is 8.99. The van der Waals surface area contributed by atoms with Crippen molar-refractivity contribution in [2.45, 2.75) is 148 Å². The van der Waals surface area contributed by atoms with E-state index in [0.29, 0.717) is 18.8 Å². The van der Waals surface area contributed by atoms with Crippen LogP contribution in [-0.4, -0.2) is 32.5 Å². The number of rotatable bonds is 28. The van der Waals surface area contributed by atoms with Crippen LogP contribution in [0.5, 0.6) is 5.75 Å². The predicted octanol–water partition coefficient (Wildman–Crippen LogP) is 10.2. The molecule has 0 fully saturated rings. The van der Waals surface area contributed by atoms with Gasteiger partial charge in [0.1, 0.15) is 18.5 Å². The van der Waals surface area contributed by atoms with E-state index in [-0.39, 0.29) is 6.10 Å². The monoisotopic (exact) mass is 529 g/mol. The highest BCUT2D eigenvalue weighted by Crippen LogP contribution is 2.14. The van der Waals surface area contributed by atoms with E-state index in [1.54, 1.807) is 12.1 Å². The molecule has 4 nitrogen and oxygen atoms in total. The van der Waals surface area contributed by atoms with Gasteiger partial charge in [0.25, 0.3) is 0 Å². The van der Waals surface area contributed by atoms with Crippen LogP contribution in [0.25, 0.3) is 0 Å². The van der Waals surface area contributed by atoms with Crippen LogP contribution >= 0.6 is 0 Å². The molecule has 218 valence electrons. The van der Waals surface area contributed by atoms with Gasteiger partial charge in [0.15, 0.2) is 0 Å². The Hall–Kier alpha value is -1.57. The van der Waals surface area contributed by atoms with Crippen LogP contribution in [0.3, 0.4) is 0 Å². The minimum Gasteiger partial charge on any atom is -0.491 e. The summed E-state index contributed by atoms with van der Waals surface area (Å²) in [7, 11) is 0. The summed E-state index contributed by atoms with van der Waals surface area (Å²) in [6.45, 7) is 7.16. The second-order valence-electron chi connectivity index (χ2n) is 10.9. The van der Waals surface area contributed by atoms with E-state index in [9.17, 15) is 0 Å². The average Bonchev–Trinajstić information content (AvgIpc) is 2.95. The van der Waals surface area contributed by atoms with Gasteiger partial charge in [0.2, 0.25) is 0 Å². The first-order chi connectivity index (χ1) is 18.8. The van der Waals surface area contributed by atoms with Gasteiger partial charge in [-0.25, -0.2) is 0 Å². The third-order valence-electron chi connectivity index (χ3n) is 7.22. The largest absolute Gasteiger partial charge is 0.491 e. The summed E-state index contributed by atoms with van der Waals surface area (Å²) in [4.78, 5) is 0. The second kappa shape index (κ2) is 27.0. The number of hydrogen-bond acceptors (Lipinski definition) is 4. The van der Waals surface area contributed by atoms with Crippen LogP contribution in [0.2, 0.25) is 0 Å². The summed E-state index contributed by atoms with van der Waals surface area (Å²) >= 11 is 0. The zero-order valence-corrected chi connectivity index (χ0v) is 25.0. The van der Waals surface area contributed by atoms with Gasteiger partial charge >= 0.3 is 0 Å². The molecule has 1 aromatic rings. The molecular formula is C34H59NO3. The number of benzene rings is 1. The number of unbranched alkanes of at least 4 members (excludes halogenated alkanes) is 18. The highest BCUT2D eigenvalue weighted by Gasteiger charge is 2.11. The fourth-order valence-electron chi connectivity index (χ4n) is 4.71. The second-order valence-corrected chi connectivity index (χ2v) is 10.9. The molecule has 0 radical (unpaired) electrons. The lowest BCUT2D eigenvalue weighted by Gasteiger charge is -2.19. The first-order valence-corrected chi connectivity index (χ1v) is 16.1. The van der Waals surface area contributed by atoms with Crippen LogP contribution in [0.1, 0.15) is 148 Å². The fraction of sp³-hybridized carbons (Fsp3) is 0.794. The van der Waals surface area contributed by atoms with Gasteiger partial charge < -0.3 is 14.2 Å². The molecule has 0 spiro atoms. The van der Waals surface area contributed by atoms with Crippen LogP contribution in [0.4, 0.5) is 0 Å². The minimum atomic E-state index is -0.0626. The molecule has 0 aliphatic carbocycles. The molecule has 0 aromatic heterocycles. The molecule has 0 heterocycles. The Morgan fingerprint density at radius 2 is 1.03 bits per heavy atom. The van der Waals surface area contributed by atoms with Gasteiger partial charge in [-0.3, -0.25) is 0 Å². The van der Waals surface area contributed by atoms with E-state index in [0.717, 1.165) is 31.8 Å². The van der Waals surface area contributed by atoms with Crippen LogP contribution < -0.4 is 4.74 Å². The summed E-state index contributed by atoms with van der Waals surface area (Å²) in [5, 5.41) is 8.99. The summed E-state index contributed by atoms with van der Waals surface area (Å²) < 4.78 is 18.1. The third kappa shape index (κ3) is 21.4. The van der Waals surface area contributed by atoms with Crippen LogP contribution in [0, 0.1) is 11.3 Å². The normalized spacial score (nSPS) is 11.9. The molecule has 0 bridgehead atoms. The van der Waals surface area contributed by atoms with E-state index in [1.165, 1.54) is 116 Å². The van der Waals surface area contributed by atoms with Crippen molar-refractivity contribution in [1.29, 1.82) is 5.26 Å². The lowest BCUT2D eigenvalue weighted by Crippen LogP contribution is -2.28. The van der Waals surface area contributed by atoms with E-state index < -0.39 is 0 Å². The Morgan fingerprint density at radius 3 is 1.50 bits per heavy atom. The van der Waals surface area contributed by atoms with Gasteiger partial charge in [-0.1, -0.05) is 129 Å². The summed E-state index contributed by atoms with van der Waals surface area (Å²) in [6, 6.07) is 9.42. The molecule has 0 amide bonds. The summed E-state index contributed by atoms with van der Waals surface area (Å²) in [5.74, 6) is 0.769. The topological polar surface area (TPSA) is 51.5 Å². The Bertz CT molecular complexity index is 655. The molecular weight excluding hydrogens is 470 g/mol. The average molecular weight is 530 g/mol. The minimum absolute atomic E-state index is 0.0626. The van der Waals surface area contributed by atoms with Crippen molar-refractivity contribution >= 4 is 0 Å². The molecule has 1 rings (SSSR count). The lowest BCUT2D eigenvalue weighted by molar-refractivity contribution is -0.0389. The highest BCUT2D eigenvalue weighted by atomic mass is 16.6. The molecule has 0 N–H and O–H groups in total. The Balaban J connectivity index is 2.17. The van der Waals surface area contributed by atoms with Gasteiger partial charge in [0, 0.05) is 13.2 Å². The molecule has 1 atom stereocenters. The number of hydrogen-bond donors (Lipinski definition) is 0. The molecule has 0 saturated heterocycles. The Labute approximate surface area is 235 Å². The SMILES string of the molecule is CCCCCCCCCCCCCCOC(COCCCCCCCCCC)COc1ccc(C#N)cc1. The smallest absolute Gasteiger partial charge is 0.119 e. The molecule has 0 aliphatic heterocycles. The quantitative estimate of drug-likeness (QED) is 0.101. The number of ether oxygens (including phenoxy) is 3. The fourth-order valence-corrected chi connectivity index (χ4v) is 4.71. The molecule has 0 saturated carbocycles. The molecule has 0 aliphatic rings. The molecule has 1 aromatic carbocycles. The molecule has 1 unspecified atom stereocenters. The van der Waals surface area contributed by atoms with E-state index >= 15 is 0 Å². The van der Waals surface area contributed by atoms with Gasteiger partial charge in [-0.15, -0.1) is 0 Å². The van der Waals surface area contributed by atoms with Crippen LogP contribution in [0.15, 0.2) is 24.3 Å².